The quantitative estimate of drug-likeness (QED) is 0.523. The zero-order valence-electron chi connectivity index (χ0n) is 3.31. The number of hydrogen-bond acceptors (Lipinski definition) is 2. The average Bonchev–Trinajstić information content (AvgIpc) is 0.722. The van der Waals surface area contributed by atoms with Gasteiger partial charge in [0.15, 0.2) is 0 Å². The van der Waals surface area contributed by atoms with Crippen LogP contribution in [-0.2, 0) is 70.0 Å². The smallest absolute Gasteiger partial charge is 0.262 e. The molecule has 0 aromatic rings. The minimum absolute atomic E-state index is 0. The second kappa shape index (κ2) is 6.44. The summed E-state index contributed by atoms with van der Waals surface area (Å²) in [6.45, 7) is 0. The Balaban J connectivity index is -0.0000000800. The predicted molar refractivity (Wildman–Crippen MR) is 12.0 cm³/mol. The molecule has 2 N–H and O–H groups in total. The molecule has 0 fully saturated rings. The van der Waals surface area contributed by atoms with Gasteiger partial charge >= 0.3 is 0 Å². The first kappa shape index (κ1) is 16.2. The van der Waals surface area contributed by atoms with Crippen LogP contribution in [-0.4, -0.2) is 9.79 Å². The first-order valence-electron chi connectivity index (χ1n) is 0.765. The van der Waals surface area contributed by atoms with Crippen LogP contribution in [0.2, 0.25) is 0 Å². The molecule has 0 unspecified atom stereocenters. The molecule has 0 aliphatic carbocycles. The van der Waals surface area contributed by atoms with Crippen LogP contribution in [0, 0.1) is 0 Å². The van der Waals surface area contributed by atoms with Gasteiger partial charge in [-0.1, -0.05) is 0 Å². The molecule has 0 heterocycles. The third-order valence-electron chi connectivity index (χ3n) is 0. The SMILES string of the molecule is O=P([O-])(O)O.[Y].[Y]. The van der Waals surface area contributed by atoms with Gasteiger partial charge in [0.25, 0.3) is 7.82 Å². The van der Waals surface area contributed by atoms with E-state index >= 15 is 0 Å². The second-order valence-electron chi connectivity index (χ2n) is 0.491. The molecule has 7 heteroatoms. The van der Waals surface area contributed by atoms with Crippen LogP contribution < -0.4 is 4.89 Å². The maximum Gasteiger partial charge on any atom is 0.262 e. The zero-order chi connectivity index (χ0) is 4.50. The van der Waals surface area contributed by atoms with Crippen molar-refractivity contribution in [3.05, 3.63) is 0 Å². The van der Waals surface area contributed by atoms with Gasteiger partial charge in [-0.2, -0.15) is 0 Å². The van der Waals surface area contributed by atoms with Crippen molar-refractivity contribution in [2.75, 3.05) is 0 Å². The van der Waals surface area contributed by atoms with Crippen LogP contribution in [0.15, 0.2) is 0 Å². The molecule has 0 saturated heterocycles. The van der Waals surface area contributed by atoms with Gasteiger partial charge in [-0.25, -0.2) is 0 Å². The van der Waals surface area contributed by atoms with E-state index in [1.54, 1.807) is 0 Å². The topological polar surface area (TPSA) is 80.6 Å². The van der Waals surface area contributed by atoms with Gasteiger partial charge in [0.1, 0.15) is 0 Å². The van der Waals surface area contributed by atoms with Gasteiger partial charge in [-0.15, -0.1) is 0 Å². The van der Waals surface area contributed by atoms with Gasteiger partial charge in [0.05, 0.1) is 0 Å². The molecule has 0 bridgehead atoms. The molecule has 0 amide bonds. The molecule has 38 valence electrons. The molecule has 0 atom stereocenters. The fraction of sp³-hybridized carbons (Fsp3) is 0. The average molecular weight is 275 g/mol. The summed E-state index contributed by atoms with van der Waals surface area (Å²) >= 11 is 0. The molecular weight excluding hydrogens is 273 g/mol. The van der Waals surface area contributed by atoms with E-state index in [2.05, 4.69) is 0 Å². The third kappa shape index (κ3) is 61.8. The summed E-state index contributed by atoms with van der Waals surface area (Å²) in [5.74, 6) is 0. The normalized spacial score (nSPS) is 8.43. The van der Waals surface area contributed by atoms with E-state index in [0.717, 1.165) is 0 Å². The standard InChI is InChI=1S/H3O4P.2Y/c1-5(2,3)4;;/h(H3,1,2,3,4);;/p-1. The van der Waals surface area contributed by atoms with Gasteiger partial charge in [0, 0.05) is 65.4 Å². The first-order chi connectivity index (χ1) is 2.00. The fourth-order valence-electron chi connectivity index (χ4n) is 0. The van der Waals surface area contributed by atoms with Gasteiger partial charge in [-0.3, -0.25) is 4.57 Å². The molecule has 0 spiro atoms. The molecular formula is H2O4PY2-. The number of phosphoric acid groups is 1. The Bertz CT molecular complexity index is 55.8. The summed E-state index contributed by atoms with van der Waals surface area (Å²) < 4.78 is 8.77. The van der Waals surface area contributed by atoms with Crippen molar-refractivity contribution in [1.29, 1.82) is 0 Å². The predicted octanol–water partition coefficient (Wildman–Crippen LogP) is -1.57. The minimum Gasteiger partial charge on any atom is -0.756 e. The Morgan fingerprint density at radius 3 is 1.29 bits per heavy atom. The molecule has 0 aliphatic rings. The van der Waals surface area contributed by atoms with E-state index in [-0.39, 0.29) is 65.4 Å². The molecule has 0 aromatic carbocycles. The maximum absolute atomic E-state index is 8.77. The van der Waals surface area contributed by atoms with Crippen molar-refractivity contribution >= 4 is 7.82 Å². The summed E-state index contributed by atoms with van der Waals surface area (Å²) in [5, 5.41) is 0. The monoisotopic (exact) mass is 275 g/mol. The Hall–Kier alpha value is 2.32. The van der Waals surface area contributed by atoms with Crippen molar-refractivity contribution in [1.82, 2.24) is 0 Å². The molecule has 0 aromatic heterocycles. The second-order valence-corrected chi connectivity index (χ2v) is 1.47. The van der Waals surface area contributed by atoms with Crippen LogP contribution in [0.25, 0.3) is 0 Å². The zero-order valence-corrected chi connectivity index (χ0v) is 9.88. The maximum atomic E-state index is 8.77. The summed E-state index contributed by atoms with van der Waals surface area (Å²) in [6, 6.07) is 0. The Kier molecular flexibility index (Phi) is 14.9. The van der Waals surface area contributed by atoms with E-state index in [1.165, 1.54) is 0 Å². The summed E-state index contributed by atoms with van der Waals surface area (Å²) in [4.78, 5) is 22.9. The summed E-state index contributed by atoms with van der Waals surface area (Å²) in [6.07, 6.45) is 0. The van der Waals surface area contributed by atoms with Crippen molar-refractivity contribution in [2.24, 2.45) is 0 Å². The molecule has 0 saturated carbocycles. The van der Waals surface area contributed by atoms with Crippen LogP contribution in [0.5, 0.6) is 0 Å². The summed E-state index contributed by atoms with van der Waals surface area (Å²) in [5.41, 5.74) is 0. The molecule has 0 aliphatic heterocycles. The van der Waals surface area contributed by atoms with Crippen molar-refractivity contribution in [3.8, 4) is 0 Å². The fourth-order valence-corrected chi connectivity index (χ4v) is 0. The van der Waals surface area contributed by atoms with E-state index in [0.29, 0.717) is 0 Å². The van der Waals surface area contributed by atoms with Crippen molar-refractivity contribution in [3.63, 3.8) is 0 Å². The van der Waals surface area contributed by atoms with Crippen LogP contribution in [0.1, 0.15) is 0 Å². The Labute approximate surface area is 91.1 Å². The van der Waals surface area contributed by atoms with Crippen LogP contribution in [0.3, 0.4) is 0 Å². The van der Waals surface area contributed by atoms with Gasteiger partial charge in [-0.05, 0) is 0 Å². The largest absolute Gasteiger partial charge is 0.756 e. The number of rotatable bonds is 0. The van der Waals surface area contributed by atoms with Crippen molar-refractivity contribution in [2.45, 2.75) is 0 Å². The Morgan fingerprint density at radius 2 is 1.29 bits per heavy atom. The summed E-state index contributed by atoms with van der Waals surface area (Å²) in [7, 11) is -4.89. The van der Waals surface area contributed by atoms with Crippen LogP contribution >= 0.6 is 7.82 Å². The number of hydrogen-bond donors (Lipinski definition) is 2. The van der Waals surface area contributed by atoms with E-state index < -0.39 is 7.82 Å². The Morgan fingerprint density at radius 1 is 1.29 bits per heavy atom. The van der Waals surface area contributed by atoms with Crippen LogP contribution in [0.4, 0.5) is 0 Å². The van der Waals surface area contributed by atoms with E-state index in [1.807, 2.05) is 0 Å². The minimum atomic E-state index is -4.89. The molecule has 2 radical (unpaired) electrons. The molecule has 7 heavy (non-hydrogen) atoms. The first-order valence-corrected chi connectivity index (χ1v) is 2.30. The molecule has 4 nitrogen and oxygen atoms in total. The van der Waals surface area contributed by atoms with Crippen molar-refractivity contribution < 1.29 is 84.7 Å². The van der Waals surface area contributed by atoms with E-state index in [4.69, 9.17) is 19.2 Å². The van der Waals surface area contributed by atoms with Gasteiger partial charge < -0.3 is 14.7 Å². The molecule has 0 rings (SSSR count). The van der Waals surface area contributed by atoms with Gasteiger partial charge in [0.2, 0.25) is 0 Å². The third-order valence-corrected chi connectivity index (χ3v) is 0. The van der Waals surface area contributed by atoms with E-state index in [9.17, 15) is 0 Å².